The molecule has 1 aliphatic heterocycles. The average molecular weight is 531 g/mol. The highest BCUT2D eigenvalue weighted by Gasteiger charge is 2.33. The van der Waals surface area contributed by atoms with Crippen LogP contribution in [0.1, 0.15) is 61.7 Å². The van der Waals surface area contributed by atoms with Crippen LogP contribution in [-0.4, -0.2) is 30.8 Å². The number of aryl methyl sites for hydroxylation is 1. The third kappa shape index (κ3) is 4.79. The average Bonchev–Trinajstić information content (AvgIpc) is 2.68. The second-order valence-electron chi connectivity index (χ2n) is 8.72. The minimum absolute atomic E-state index is 0.0458. The molecular formula is C25H30IN3O2. The summed E-state index contributed by atoms with van der Waals surface area (Å²) in [5.41, 5.74) is 8.87. The lowest BCUT2D eigenvalue weighted by molar-refractivity contribution is 0.0954. The molecule has 6 heteroatoms. The number of carbonyl (C=O) groups is 1. The quantitative estimate of drug-likeness (QED) is 0.302. The van der Waals surface area contributed by atoms with Crippen molar-refractivity contribution in [1.82, 2.24) is 5.43 Å². The van der Waals surface area contributed by atoms with E-state index in [1.807, 2.05) is 6.07 Å². The summed E-state index contributed by atoms with van der Waals surface area (Å²) in [5.74, 6) is 0.396. The van der Waals surface area contributed by atoms with E-state index in [2.05, 4.69) is 97.8 Å². The van der Waals surface area contributed by atoms with Crippen LogP contribution >= 0.6 is 22.6 Å². The summed E-state index contributed by atoms with van der Waals surface area (Å²) in [6.45, 7) is 13.2. The van der Waals surface area contributed by atoms with Gasteiger partial charge in [-0.05, 0) is 111 Å². The highest BCUT2D eigenvalue weighted by Crippen LogP contribution is 2.41. The number of hydrogen-bond donors (Lipinski definition) is 1. The van der Waals surface area contributed by atoms with E-state index < -0.39 is 0 Å². The lowest BCUT2D eigenvalue weighted by atomic mass is 9.86. The van der Waals surface area contributed by atoms with Crippen molar-refractivity contribution < 1.29 is 9.53 Å². The second-order valence-corrected chi connectivity index (χ2v) is 9.88. The van der Waals surface area contributed by atoms with Crippen molar-refractivity contribution in [3.63, 3.8) is 0 Å². The molecule has 1 amide bonds. The van der Waals surface area contributed by atoms with E-state index in [4.69, 9.17) is 4.74 Å². The maximum Gasteiger partial charge on any atom is 0.271 e. The topological polar surface area (TPSA) is 53.9 Å². The zero-order chi connectivity index (χ0) is 22.9. The van der Waals surface area contributed by atoms with E-state index in [0.717, 1.165) is 14.7 Å². The number of halogens is 1. The molecule has 164 valence electrons. The molecule has 1 aliphatic rings. The molecule has 0 spiro atoms. The van der Waals surface area contributed by atoms with Crippen LogP contribution in [0, 0.1) is 10.5 Å². The van der Waals surface area contributed by atoms with Gasteiger partial charge in [0.25, 0.3) is 5.91 Å². The Hall–Kier alpha value is -2.35. The van der Waals surface area contributed by atoms with Gasteiger partial charge in [-0.25, -0.2) is 5.43 Å². The molecule has 0 aliphatic carbocycles. The number of benzene rings is 2. The number of methoxy groups -OCH3 is 1. The van der Waals surface area contributed by atoms with Crippen molar-refractivity contribution in [2.24, 2.45) is 5.10 Å². The Morgan fingerprint density at radius 1 is 1.23 bits per heavy atom. The van der Waals surface area contributed by atoms with Gasteiger partial charge in [-0.2, -0.15) is 5.10 Å². The molecule has 1 N–H and O–H groups in total. The minimum Gasteiger partial charge on any atom is -0.496 e. The van der Waals surface area contributed by atoms with Crippen molar-refractivity contribution in [1.29, 1.82) is 0 Å². The SMILES string of the molecule is COc1cc(C(=O)N/N=C/c2cc3c(cc2C)N(C(C)C)C(C)(C)C=C3C)ccc1I. The number of hydrazone groups is 1. The molecule has 31 heavy (non-hydrogen) atoms. The first-order chi connectivity index (χ1) is 14.5. The molecule has 0 saturated carbocycles. The Morgan fingerprint density at radius 2 is 1.94 bits per heavy atom. The third-order valence-corrected chi connectivity index (χ3v) is 6.45. The second kappa shape index (κ2) is 9.02. The molecule has 3 rings (SSSR count). The van der Waals surface area contributed by atoms with E-state index >= 15 is 0 Å². The molecular weight excluding hydrogens is 501 g/mol. The number of nitrogens with zero attached hydrogens (tertiary/aromatic N) is 2. The number of ether oxygens (including phenoxy) is 1. The number of nitrogens with one attached hydrogen (secondary N) is 1. The van der Waals surface area contributed by atoms with Gasteiger partial charge in [0, 0.05) is 22.9 Å². The molecule has 0 radical (unpaired) electrons. The number of rotatable bonds is 5. The molecule has 5 nitrogen and oxygen atoms in total. The maximum absolute atomic E-state index is 12.5. The van der Waals surface area contributed by atoms with Crippen LogP contribution in [0.25, 0.3) is 5.57 Å². The van der Waals surface area contributed by atoms with Crippen molar-refractivity contribution in [3.8, 4) is 5.75 Å². The molecule has 0 unspecified atom stereocenters. The van der Waals surface area contributed by atoms with Crippen LogP contribution in [0.3, 0.4) is 0 Å². The molecule has 2 aromatic carbocycles. The summed E-state index contributed by atoms with van der Waals surface area (Å²) in [4.78, 5) is 14.9. The summed E-state index contributed by atoms with van der Waals surface area (Å²) < 4.78 is 6.24. The summed E-state index contributed by atoms with van der Waals surface area (Å²) in [6.07, 6.45) is 4.03. The standard InChI is InChI=1S/C25H30IN3O2/c1-15(2)29-22-10-16(3)19(11-20(22)17(4)13-25(29,5)6)14-27-28-24(30)18-8-9-21(26)23(12-18)31-7/h8-15H,1-7H3,(H,28,30)/b27-14+. The van der Waals surface area contributed by atoms with E-state index in [0.29, 0.717) is 17.4 Å². The lowest BCUT2D eigenvalue weighted by Gasteiger charge is -2.46. The van der Waals surface area contributed by atoms with E-state index in [1.54, 1.807) is 25.5 Å². The van der Waals surface area contributed by atoms with Gasteiger partial charge < -0.3 is 9.64 Å². The Bertz CT molecular complexity index is 1070. The van der Waals surface area contributed by atoms with E-state index in [1.165, 1.54) is 16.8 Å². The fraction of sp³-hybridized carbons (Fsp3) is 0.360. The van der Waals surface area contributed by atoms with Crippen LogP contribution in [0.15, 0.2) is 41.5 Å². The van der Waals surface area contributed by atoms with Gasteiger partial charge in [-0.3, -0.25) is 4.79 Å². The van der Waals surface area contributed by atoms with Crippen molar-refractivity contribution in [2.75, 3.05) is 12.0 Å². The number of hydrogen-bond acceptors (Lipinski definition) is 4. The van der Waals surface area contributed by atoms with Crippen LogP contribution in [0.5, 0.6) is 5.75 Å². The van der Waals surface area contributed by atoms with Gasteiger partial charge in [0.15, 0.2) is 0 Å². The van der Waals surface area contributed by atoms with Crippen molar-refractivity contribution in [2.45, 2.75) is 53.1 Å². The van der Waals surface area contributed by atoms with Crippen LogP contribution in [0.4, 0.5) is 5.69 Å². The fourth-order valence-electron chi connectivity index (χ4n) is 4.32. The lowest BCUT2D eigenvalue weighted by Crippen LogP contribution is -2.49. The van der Waals surface area contributed by atoms with Gasteiger partial charge in [0.2, 0.25) is 0 Å². The van der Waals surface area contributed by atoms with Crippen molar-refractivity contribution >= 4 is 46.0 Å². The zero-order valence-corrected chi connectivity index (χ0v) is 21.4. The van der Waals surface area contributed by atoms with Gasteiger partial charge >= 0.3 is 0 Å². The van der Waals surface area contributed by atoms with Gasteiger partial charge in [0.05, 0.1) is 22.4 Å². The number of allylic oxidation sites excluding steroid dienone is 1. The highest BCUT2D eigenvalue weighted by atomic mass is 127. The fourth-order valence-corrected chi connectivity index (χ4v) is 4.88. The number of amides is 1. The summed E-state index contributed by atoms with van der Waals surface area (Å²) in [6, 6.07) is 10.1. The first-order valence-electron chi connectivity index (χ1n) is 10.4. The number of carbonyl (C=O) groups excluding carboxylic acids is 1. The normalized spacial score (nSPS) is 15.1. The van der Waals surface area contributed by atoms with E-state index in [-0.39, 0.29) is 11.4 Å². The van der Waals surface area contributed by atoms with Crippen LogP contribution < -0.4 is 15.1 Å². The van der Waals surface area contributed by atoms with Crippen LogP contribution in [-0.2, 0) is 0 Å². The monoisotopic (exact) mass is 531 g/mol. The predicted octanol–water partition coefficient (Wildman–Crippen LogP) is 5.78. The predicted molar refractivity (Wildman–Crippen MR) is 137 cm³/mol. The molecule has 0 fully saturated rings. The van der Waals surface area contributed by atoms with Crippen molar-refractivity contribution in [3.05, 3.63) is 62.2 Å². The molecule has 0 saturated heterocycles. The van der Waals surface area contributed by atoms with Gasteiger partial charge in [-0.15, -0.1) is 0 Å². The molecule has 0 aromatic heterocycles. The Balaban J connectivity index is 1.86. The van der Waals surface area contributed by atoms with Gasteiger partial charge in [-0.1, -0.05) is 6.08 Å². The van der Waals surface area contributed by atoms with Crippen LogP contribution in [0.2, 0.25) is 0 Å². The van der Waals surface area contributed by atoms with Gasteiger partial charge in [0.1, 0.15) is 5.75 Å². The smallest absolute Gasteiger partial charge is 0.271 e. The number of anilines is 1. The minimum atomic E-state index is -0.273. The molecule has 0 bridgehead atoms. The summed E-state index contributed by atoms with van der Waals surface area (Å²) in [7, 11) is 1.59. The Kier molecular flexibility index (Phi) is 6.79. The summed E-state index contributed by atoms with van der Waals surface area (Å²) >= 11 is 2.17. The first kappa shape index (κ1) is 23.3. The summed E-state index contributed by atoms with van der Waals surface area (Å²) in [5, 5.41) is 4.21. The Morgan fingerprint density at radius 3 is 2.58 bits per heavy atom. The molecule has 2 aromatic rings. The highest BCUT2D eigenvalue weighted by molar-refractivity contribution is 14.1. The third-order valence-electron chi connectivity index (χ3n) is 5.56. The zero-order valence-electron chi connectivity index (χ0n) is 19.2. The molecule has 0 atom stereocenters. The largest absolute Gasteiger partial charge is 0.496 e. The Labute approximate surface area is 198 Å². The van der Waals surface area contributed by atoms with E-state index in [9.17, 15) is 4.79 Å². The molecule has 1 heterocycles. The maximum atomic E-state index is 12.5. The number of fused-ring (bicyclic) bond motifs is 1. The first-order valence-corrected chi connectivity index (χ1v) is 11.4.